The van der Waals surface area contributed by atoms with E-state index in [4.69, 9.17) is 0 Å². The van der Waals surface area contributed by atoms with Crippen LogP contribution in [0, 0.1) is 6.92 Å². The Kier molecular flexibility index (Phi) is 5.67. The van der Waals surface area contributed by atoms with Crippen LogP contribution in [0.2, 0.25) is 0 Å². The van der Waals surface area contributed by atoms with Crippen LogP contribution in [0.4, 0.5) is 19.0 Å². The molecule has 1 N–H and O–H groups in total. The number of nitrogens with one attached hydrogen (secondary N) is 1. The summed E-state index contributed by atoms with van der Waals surface area (Å²) < 4.78 is 42.2. The molecule has 0 bridgehead atoms. The van der Waals surface area contributed by atoms with E-state index in [2.05, 4.69) is 20.3 Å². The van der Waals surface area contributed by atoms with Gasteiger partial charge in [0, 0.05) is 25.8 Å². The fourth-order valence-electron chi connectivity index (χ4n) is 3.70. The number of anilines is 1. The lowest BCUT2D eigenvalue weighted by Crippen LogP contribution is -2.26. The molecule has 3 aromatic rings. The number of benzene rings is 1. The van der Waals surface area contributed by atoms with Crippen molar-refractivity contribution in [1.82, 2.24) is 20.1 Å². The van der Waals surface area contributed by atoms with Gasteiger partial charge in [0.2, 0.25) is 0 Å². The van der Waals surface area contributed by atoms with Crippen LogP contribution in [-0.2, 0) is 12.7 Å². The van der Waals surface area contributed by atoms with Crippen LogP contribution in [0.25, 0.3) is 5.69 Å². The number of aryl methyl sites for hydroxylation is 1. The SMILES string of the molecule is Cc1ccccc1-n1ncc(C(=O)NCc2ccc(N3CCCC3)nc2)c1C(F)(F)F. The summed E-state index contributed by atoms with van der Waals surface area (Å²) in [6.45, 7) is 3.69. The van der Waals surface area contributed by atoms with Gasteiger partial charge in [-0.2, -0.15) is 18.3 Å². The van der Waals surface area contributed by atoms with Crippen LogP contribution in [0.1, 0.15) is 40.0 Å². The lowest BCUT2D eigenvalue weighted by Gasteiger charge is -2.16. The molecule has 3 heterocycles. The Balaban J connectivity index is 1.53. The number of halogens is 3. The van der Waals surface area contributed by atoms with Gasteiger partial charge in [0.25, 0.3) is 5.91 Å². The lowest BCUT2D eigenvalue weighted by atomic mass is 10.1. The van der Waals surface area contributed by atoms with Crippen molar-refractivity contribution in [3.05, 3.63) is 71.2 Å². The first-order valence-electron chi connectivity index (χ1n) is 10.0. The van der Waals surface area contributed by atoms with Gasteiger partial charge in [-0.25, -0.2) is 9.67 Å². The summed E-state index contributed by atoms with van der Waals surface area (Å²) in [5.41, 5.74) is -0.0156. The van der Waals surface area contributed by atoms with Crippen LogP contribution >= 0.6 is 0 Å². The molecule has 9 heteroatoms. The second kappa shape index (κ2) is 8.41. The van der Waals surface area contributed by atoms with Gasteiger partial charge in [-0.3, -0.25) is 4.79 Å². The predicted molar refractivity (Wildman–Crippen MR) is 110 cm³/mol. The zero-order valence-electron chi connectivity index (χ0n) is 17.0. The highest BCUT2D eigenvalue weighted by Crippen LogP contribution is 2.34. The minimum absolute atomic E-state index is 0.0684. The summed E-state index contributed by atoms with van der Waals surface area (Å²) in [5.74, 6) is 0.0298. The van der Waals surface area contributed by atoms with Gasteiger partial charge < -0.3 is 10.2 Å². The van der Waals surface area contributed by atoms with Gasteiger partial charge in [0.1, 0.15) is 5.82 Å². The summed E-state index contributed by atoms with van der Waals surface area (Å²) in [6.07, 6.45) is 0.119. The molecule has 1 fully saturated rings. The molecule has 4 rings (SSSR count). The third-order valence-electron chi connectivity index (χ3n) is 5.32. The average molecular weight is 429 g/mol. The third-order valence-corrected chi connectivity index (χ3v) is 5.32. The van der Waals surface area contributed by atoms with Crippen LogP contribution in [-0.4, -0.2) is 33.8 Å². The minimum Gasteiger partial charge on any atom is -0.357 e. The standard InChI is InChI=1S/C22H22F3N5O/c1-15-6-2-3-7-18(15)30-20(22(23,24)25)17(14-28-30)21(31)27-13-16-8-9-19(26-12-16)29-10-4-5-11-29/h2-3,6-9,12,14H,4-5,10-11,13H2,1H3,(H,27,31). The first kappa shape index (κ1) is 20.9. The second-order valence-electron chi connectivity index (χ2n) is 7.50. The number of aromatic nitrogens is 3. The number of hydrogen-bond acceptors (Lipinski definition) is 4. The molecule has 1 amide bonds. The van der Waals surface area contributed by atoms with Crippen molar-refractivity contribution in [2.75, 3.05) is 18.0 Å². The molecule has 31 heavy (non-hydrogen) atoms. The van der Waals surface area contributed by atoms with Crippen molar-refractivity contribution < 1.29 is 18.0 Å². The molecular weight excluding hydrogens is 407 g/mol. The van der Waals surface area contributed by atoms with Crippen molar-refractivity contribution in [2.24, 2.45) is 0 Å². The van der Waals surface area contributed by atoms with Crippen LogP contribution in [0.15, 0.2) is 48.8 Å². The largest absolute Gasteiger partial charge is 0.434 e. The first-order chi connectivity index (χ1) is 14.8. The van der Waals surface area contributed by atoms with Crippen LogP contribution in [0.5, 0.6) is 0 Å². The second-order valence-corrected chi connectivity index (χ2v) is 7.50. The molecule has 0 aliphatic carbocycles. The Bertz CT molecular complexity index is 1070. The molecule has 6 nitrogen and oxygen atoms in total. The van der Waals surface area contributed by atoms with E-state index >= 15 is 0 Å². The van der Waals surface area contributed by atoms with E-state index < -0.39 is 23.3 Å². The lowest BCUT2D eigenvalue weighted by molar-refractivity contribution is -0.143. The molecular formula is C22H22F3N5O. The minimum atomic E-state index is -4.75. The Morgan fingerprint density at radius 2 is 1.84 bits per heavy atom. The Hall–Kier alpha value is -3.36. The van der Waals surface area contributed by atoms with Crippen molar-refractivity contribution in [3.63, 3.8) is 0 Å². The molecule has 0 saturated carbocycles. The number of pyridine rings is 1. The van der Waals surface area contributed by atoms with Gasteiger partial charge in [0.15, 0.2) is 5.69 Å². The summed E-state index contributed by atoms with van der Waals surface area (Å²) in [6, 6.07) is 10.3. The molecule has 1 saturated heterocycles. The van der Waals surface area contributed by atoms with Crippen LogP contribution < -0.4 is 10.2 Å². The number of carbonyl (C=O) groups excluding carboxylic acids is 1. The van der Waals surface area contributed by atoms with Gasteiger partial charge in [-0.1, -0.05) is 24.3 Å². The summed E-state index contributed by atoms with van der Waals surface area (Å²) in [5, 5.41) is 6.41. The Morgan fingerprint density at radius 1 is 1.10 bits per heavy atom. The van der Waals surface area contributed by atoms with E-state index in [0.29, 0.717) is 11.1 Å². The number of nitrogens with zero attached hydrogens (tertiary/aromatic N) is 4. The van der Waals surface area contributed by atoms with Gasteiger partial charge in [-0.15, -0.1) is 0 Å². The fraction of sp³-hybridized carbons (Fsp3) is 0.318. The Morgan fingerprint density at radius 3 is 2.48 bits per heavy atom. The van der Waals surface area contributed by atoms with Gasteiger partial charge in [0.05, 0.1) is 17.4 Å². The fourth-order valence-corrected chi connectivity index (χ4v) is 3.70. The average Bonchev–Trinajstić information content (AvgIpc) is 3.43. The van der Waals surface area contributed by atoms with Crippen molar-refractivity contribution in [2.45, 2.75) is 32.5 Å². The molecule has 162 valence electrons. The van der Waals surface area contributed by atoms with E-state index in [-0.39, 0.29) is 12.2 Å². The number of amides is 1. The monoisotopic (exact) mass is 429 g/mol. The molecule has 0 radical (unpaired) electrons. The van der Waals surface area contributed by atoms with E-state index in [9.17, 15) is 18.0 Å². The molecule has 0 unspecified atom stereocenters. The molecule has 2 aromatic heterocycles. The quantitative estimate of drug-likeness (QED) is 0.663. The number of hydrogen-bond donors (Lipinski definition) is 1. The highest BCUT2D eigenvalue weighted by molar-refractivity contribution is 5.95. The van der Waals surface area contributed by atoms with Crippen molar-refractivity contribution in [3.8, 4) is 5.69 Å². The molecule has 1 aliphatic rings. The maximum atomic E-state index is 13.8. The summed E-state index contributed by atoms with van der Waals surface area (Å²) in [7, 11) is 0. The summed E-state index contributed by atoms with van der Waals surface area (Å²) >= 11 is 0. The van der Waals surface area contributed by atoms with E-state index in [0.717, 1.165) is 42.6 Å². The first-order valence-corrected chi connectivity index (χ1v) is 10.0. The van der Waals surface area contributed by atoms with Gasteiger partial charge >= 0.3 is 6.18 Å². The highest BCUT2D eigenvalue weighted by atomic mass is 19.4. The number of para-hydroxylation sites is 1. The smallest absolute Gasteiger partial charge is 0.357 e. The van der Waals surface area contributed by atoms with Crippen LogP contribution in [0.3, 0.4) is 0 Å². The Labute approximate surface area is 177 Å². The van der Waals surface area contributed by atoms with E-state index in [1.165, 1.54) is 6.07 Å². The molecule has 0 spiro atoms. The normalized spacial score (nSPS) is 14.1. The zero-order valence-corrected chi connectivity index (χ0v) is 17.0. The van der Waals surface area contributed by atoms with E-state index in [1.54, 1.807) is 31.3 Å². The van der Waals surface area contributed by atoms with Crippen molar-refractivity contribution in [1.29, 1.82) is 0 Å². The molecule has 1 aromatic carbocycles. The highest BCUT2D eigenvalue weighted by Gasteiger charge is 2.40. The topological polar surface area (TPSA) is 63.1 Å². The zero-order chi connectivity index (χ0) is 22.0. The maximum absolute atomic E-state index is 13.8. The van der Waals surface area contributed by atoms with E-state index in [1.807, 2.05) is 12.1 Å². The van der Waals surface area contributed by atoms with Gasteiger partial charge in [-0.05, 0) is 43.0 Å². The molecule has 1 aliphatic heterocycles. The number of rotatable bonds is 5. The number of carbonyl (C=O) groups is 1. The molecule has 0 atom stereocenters. The predicted octanol–water partition coefficient (Wildman–Crippen LogP) is 4.12. The number of alkyl halides is 3. The summed E-state index contributed by atoms with van der Waals surface area (Å²) in [4.78, 5) is 19.2. The van der Waals surface area contributed by atoms with Crippen molar-refractivity contribution >= 4 is 11.7 Å². The third kappa shape index (κ3) is 4.40. The maximum Gasteiger partial charge on any atom is 0.434 e.